The van der Waals surface area contributed by atoms with E-state index in [1.165, 1.54) is 4.88 Å². The monoisotopic (exact) mass is 306 g/mol. The predicted molar refractivity (Wildman–Crippen MR) is 87.1 cm³/mol. The lowest BCUT2D eigenvalue weighted by molar-refractivity contribution is 0.274. The maximum Gasteiger partial charge on any atom is 0.124 e. The van der Waals surface area contributed by atoms with Crippen molar-refractivity contribution >= 4 is 17.0 Å². The van der Waals surface area contributed by atoms with Crippen molar-refractivity contribution in [1.82, 2.24) is 4.98 Å². The number of nitrogens with zero attached hydrogens (tertiary/aromatic N) is 1. The van der Waals surface area contributed by atoms with E-state index >= 15 is 0 Å². The van der Waals surface area contributed by atoms with Crippen LogP contribution in [0.4, 0.5) is 5.69 Å². The Hall–Kier alpha value is -1.59. The smallest absolute Gasteiger partial charge is 0.124 e. The third kappa shape index (κ3) is 3.95. The first kappa shape index (κ1) is 15.8. The van der Waals surface area contributed by atoms with Gasteiger partial charge in [0.05, 0.1) is 25.3 Å². The largest absolute Gasteiger partial charge is 0.496 e. The molecule has 0 aliphatic rings. The van der Waals surface area contributed by atoms with Crippen molar-refractivity contribution < 1.29 is 9.84 Å². The van der Waals surface area contributed by atoms with Gasteiger partial charge in [0, 0.05) is 27.7 Å². The molecule has 4 nitrogen and oxygen atoms in total. The first-order valence-corrected chi connectivity index (χ1v) is 7.72. The Morgan fingerprint density at radius 1 is 1.33 bits per heavy atom. The van der Waals surface area contributed by atoms with Gasteiger partial charge in [-0.05, 0) is 18.2 Å². The minimum Gasteiger partial charge on any atom is -0.496 e. The highest BCUT2D eigenvalue weighted by atomic mass is 32.1. The zero-order chi connectivity index (χ0) is 15.5. The second-order valence-electron chi connectivity index (χ2n) is 5.92. The molecule has 2 rings (SSSR count). The van der Waals surface area contributed by atoms with Crippen LogP contribution in [0.3, 0.4) is 0 Å². The summed E-state index contributed by atoms with van der Waals surface area (Å²) in [5, 5.41) is 13.8. The Morgan fingerprint density at radius 2 is 2.10 bits per heavy atom. The molecule has 1 aromatic carbocycles. The van der Waals surface area contributed by atoms with Crippen molar-refractivity contribution in [2.75, 3.05) is 12.4 Å². The van der Waals surface area contributed by atoms with E-state index in [-0.39, 0.29) is 12.0 Å². The van der Waals surface area contributed by atoms with Crippen LogP contribution in [0.25, 0.3) is 0 Å². The van der Waals surface area contributed by atoms with Crippen LogP contribution in [0.1, 0.15) is 36.2 Å². The second-order valence-corrected chi connectivity index (χ2v) is 7.04. The van der Waals surface area contributed by atoms with E-state index in [9.17, 15) is 5.11 Å². The Labute approximate surface area is 129 Å². The number of methoxy groups -OCH3 is 1. The number of benzene rings is 1. The van der Waals surface area contributed by atoms with Crippen LogP contribution in [0.2, 0.25) is 0 Å². The lowest BCUT2D eigenvalue weighted by Crippen LogP contribution is -2.09. The van der Waals surface area contributed by atoms with E-state index in [1.807, 2.05) is 24.4 Å². The fourth-order valence-corrected chi connectivity index (χ4v) is 2.85. The molecule has 0 bridgehead atoms. The third-order valence-corrected chi connectivity index (χ3v) is 4.54. The minimum atomic E-state index is -0.0343. The molecule has 0 atom stereocenters. The Balaban J connectivity index is 2.04. The van der Waals surface area contributed by atoms with Gasteiger partial charge in [0.25, 0.3) is 0 Å². The number of nitrogens with one attached hydrogen (secondary N) is 1. The number of ether oxygens (including phenoxy) is 1. The van der Waals surface area contributed by atoms with Crippen molar-refractivity contribution in [2.24, 2.45) is 0 Å². The summed E-state index contributed by atoms with van der Waals surface area (Å²) in [6, 6.07) is 5.72. The van der Waals surface area contributed by atoms with Crippen LogP contribution in [0.15, 0.2) is 24.4 Å². The summed E-state index contributed by atoms with van der Waals surface area (Å²) in [7, 11) is 1.60. The molecule has 21 heavy (non-hydrogen) atoms. The van der Waals surface area contributed by atoms with Crippen molar-refractivity contribution in [3.05, 3.63) is 39.8 Å². The maximum absolute atomic E-state index is 9.34. The second kappa shape index (κ2) is 6.45. The molecule has 0 unspecified atom stereocenters. The number of hydrogen-bond acceptors (Lipinski definition) is 5. The molecular formula is C16H22N2O2S. The summed E-state index contributed by atoms with van der Waals surface area (Å²) in [6.45, 7) is 7.19. The van der Waals surface area contributed by atoms with Gasteiger partial charge in [0.2, 0.25) is 0 Å². The number of aliphatic hydroxyl groups excluding tert-OH is 1. The minimum absolute atomic E-state index is 0.0343. The van der Waals surface area contributed by atoms with Crippen molar-refractivity contribution in [1.29, 1.82) is 0 Å². The Bertz CT molecular complexity index is 603. The van der Waals surface area contributed by atoms with Gasteiger partial charge in [-0.15, -0.1) is 11.3 Å². The van der Waals surface area contributed by atoms with Crippen molar-refractivity contribution in [2.45, 2.75) is 39.3 Å². The molecule has 0 fully saturated rings. The fourth-order valence-electron chi connectivity index (χ4n) is 1.94. The number of anilines is 1. The summed E-state index contributed by atoms with van der Waals surface area (Å²) in [5.74, 6) is 0.704. The van der Waals surface area contributed by atoms with Gasteiger partial charge in [-0.25, -0.2) is 4.98 Å². The highest BCUT2D eigenvalue weighted by molar-refractivity contribution is 7.11. The van der Waals surface area contributed by atoms with E-state index in [0.29, 0.717) is 5.75 Å². The summed E-state index contributed by atoms with van der Waals surface area (Å²) < 4.78 is 5.20. The number of aromatic nitrogens is 1. The van der Waals surface area contributed by atoms with Crippen LogP contribution in [-0.2, 0) is 18.6 Å². The van der Waals surface area contributed by atoms with E-state index in [1.54, 1.807) is 18.4 Å². The third-order valence-electron chi connectivity index (χ3n) is 3.11. The van der Waals surface area contributed by atoms with E-state index < -0.39 is 0 Å². The zero-order valence-corrected chi connectivity index (χ0v) is 13.8. The molecule has 0 saturated heterocycles. The number of aliphatic hydroxyl groups is 1. The van der Waals surface area contributed by atoms with Crippen molar-refractivity contribution in [3.63, 3.8) is 0 Å². The number of rotatable bonds is 5. The van der Waals surface area contributed by atoms with Crippen LogP contribution >= 0.6 is 11.3 Å². The van der Waals surface area contributed by atoms with Crippen LogP contribution in [0.5, 0.6) is 5.75 Å². The molecule has 1 aromatic heterocycles. The fraction of sp³-hybridized carbons (Fsp3) is 0.438. The molecule has 0 spiro atoms. The average Bonchev–Trinajstić information content (AvgIpc) is 2.93. The lowest BCUT2D eigenvalue weighted by atomic mass is 9.98. The highest BCUT2D eigenvalue weighted by Gasteiger charge is 2.17. The predicted octanol–water partition coefficient (Wildman–Crippen LogP) is 3.55. The number of thiazole rings is 1. The Morgan fingerprint density at radius 3 is 2.67 bits per heavy atom. The molecule has 114 valence electrons. The summed E-state index contributed by atoms with van der Waals surface area (Å²) in [5.41, 5.74) is 1.83. The van der Waals surface area contributed by atoms with Gasteiger partial charge in [0.15, 0.2) is 0 Å². The van der Waals surface area contributed by atoms with Gasteiger partial charge >= 0.3 is 0 Å². The maximum atomic E-state index is 9.34. The van der Waals surface area contributed by atoms with Crippen LogP contribution in [-0.4, -0.2) is 17.2 Å². The van der Waals surface area contributed by atoms with Crippen molar-refractivity contribution in [3.8, 4) is 5.75 Å². The molecule has 0 aliphatic heterocycles. The summed E-state index contributed by atoms with van der Waals surface area (Å²) in [4.78, 5) is 5.68. The lowest BCUT2D eigenvalue weighted by Gasteiger charge is -2.13. The summed E-state index contributed by atoms with van der Waals surface area (Å²) >= 11 is 1.73. The standard InChI is InChI=1S/C16H22N2O2S/c1-16(2,3)15-18-9-13(21-15)8-17-12-5-6-14(20-4)11(7-12)10-19/h5-7,9,17,19H,8,10H2,1-4H3. The molecule has 0 radical (unpaired) electrons. The molecule has 1 heterocycles. The normalized spacial score (nSPS) is 11.5. The van der Waals surface area contributed by atoms with E-state index in [4.69, 9.17) is 4.74 Å². The molecule has 0 aliphatic carbocycles. The molecule has 0 saturated carbocycles. The SMILES string of the molecule is COc1ccc(NCc2cnc(C(C)(C)C)s2)cc1CO. The summed E-state index contributed by atoms with van der Waals surface area (Å²) in [6.07, 6.45) is 1.93. The molecule has 2 aromatic rings. The van der Waals surface area contributed by atoms with Gasteiger partial charge in [-0.2, -0.15) is 0 Å². The highest BCUT2D eigenvalue weighted by Crippen LogP contribution is 2.28. The molecule has 2 N–H and O–H groups in total. The molecule has 5 heteroatoms. The number of hydrogen-bond donors (Lipinski definition) is 2. The Kier molecular flexibility index (Phi) is 4.85. The van der Waals surface area contributed by atoms with Crippen LogP contribution in [0, 0.1) is 0 Å². The zero-order valence-electron chi connectivity index (χ0n) is 12.9. The van der Waals surface area contributed by atoms with Gasteiger partial charge in [-0.3, -0.25) is 0 Å². The molecular weight excluding hydrogens is 284 g/mol. The van der Waals surface area contributed by atoms with E-state index in [2.05, 4.69) is 31.1 Å². The van der Waals surface area contributed by atoms with Gasteiger partial charge in [-0.1, -0.05) is 20.8 Å². The first-order valence-electron chi connectivity index (χ1n) is 6.91. The van der Waals surface area contributed by atoms with Gasteiger partial charge in [0.1, 0.15) is 5.75 Å². The average molecular weight is 306 g/mol. The topological polar surface area (TPSA) is 54.4 Å². The molecule has 0 amide bonds. The quantitative estimate of drug-likeness (QED) is 0.887. The van der Waals surface area contributed by atoms with E-state index in [0.717, 1.165) is 22.8 Å². The first-order chi connectivity index (χ1) is 9.94. The van der Waals surface area contributed by atoms with Crippen LogP contribution < -0.4 is 10.1 Å². The van der Waals surface area contributed by atoms with Gasteiger partial charge < -0.3 is 15.2 Å².